The van der Waals surface area contributed by atoms with Crippen molar-refractivity contribution in [2.75, 3.05) is 0 Å². The maximum Gasteiger partial charge on any atom is 0.573 e. The minimum atomic E-state index is -4.82. The summed E-state index contributed by atoms with van der Waals surface area (Å²) in [5.74, 6) is -1.60. The molecule has 8 heteroatoms. The topological polar surface area (TPSA) is 59.4 Å². The first-order valence-electron chi connectivity index (χ1n) is 4.91. The van der Waals surface area contributed by atoms with Crippen molar-refractivity contribution < 1.29 is 27.8 Å². The third kappa shape index (κ3) is 3.22. The van der Waals surface area contributed by atoms with Crippen LogP contribution in [0, 0.1) is 0 Å². The fraction of sp³-hybridized carbons (Fsp3) is 0.0909. The molecule has 0 saturated carbocycles. The number of para-hydroxylation sites is 1. The van der Waals surface area contributed by atoms with Crippen LogP contribution in [-0.4, -0.2) is 22.4 Å². The minimum Gasteiger partial charge on any atom is -0.477 e. The molecule has 100 valence electrons. The summed E-state index contributed by atoms with van der Waals surface area (Å²) in [7, 11) is 0. The van der Waals surface area contributed by atoms with E-state index in [-0.39, 0.29) is 15.4 Å². The predicted molar refractivity (Wildman–Crippen MR) is 61.2 cm³/mol. The number of aromatic carboxylic acids is 1. The molecule has 0 radical (unpaired) electrons. The SMILES string of the molecule is O=C(O)c1cnc(-c2ccccc2OC(F)(F)F)s1. The molecule has 1 aromatic carbocycles. The van der Waals surface area contributed by atoms with Crippen molar-refractivity contribution in [3.8, 4) is 16.3 Å². The third-order valence-electron chi connectivity index (χ3n) is 2.06. The van der Waals surface area contributed by atoms with Crippen molar-refractivity contribution >= 4 is 17.3 Å². The second-order valence-corrected chi connectivity index (χ2v) is 4.41. The van der Waals surface area contributed by atoms with Crippen molar-refractivity contribution in [2.45, 2.75) is 6.36 Å². The first-order chi connectivity index (χ1) is 8.87. The number of carboxylic acid groups (broad SMARTS) is 1. The van der Waals surface area contributed by atoms with E-state index < -0.39 is 18.1 Å². The van der Waals surface area contributed by atoms with Gasteiger partial charge in [0.1, 0.15) is 15.6 Å². The number of alkyl halides is 3. The quantitative estimate of drug-likeness (QED) is 0.940. The summed E-state index contributed by atoms with van der Waals surface area (Å²) >= 11 is 0.776. The van der Waals surface area contributed by atoms with Crippen LogP contribution in [0.4, 0.5) is 13.2 Å². The molecule has 1 aromatic heterocycles. The number of aromatic nitrogens is 1. The third-order valence-corrected chi connectivity index (χ3v) is 3.08. The van der Waals surface area contributed by atoms with Gasteiger partial charge in [0.25, 0.3) is 0 Å². The lowest BCUT2D eigenvalue weighted by Gasteiger charge is -2.11. The smallest absolute Gasteiger partial charge is 0.477 e. The fourth-order valence-electron chi connectivity index (χ4n) is 1.35. The van der Waals surface area contributed by atoms with E-state index in [1.54, 1.807) is 0 Å². The lowest BCUT2D eigenvalue weighted by atomic mass is 10.2. The van der Waals surface area contributed by atoms with E-state index in [0.29, 0.717) is 0 Å². The standard InChI is InChI=1S/C11H6F3NO3S/c12-11(13,14)18-7-4-2-1-3-6(7)9-15-5-8(19-9)10(16)17/h1-5H,(H,16,17). The van der Waals surface area contributed by atoms with Crippen LogP contribution in [0.3, 0.4) is 0 Å². The Morgan fingerprint density at radius 1 is 1.32 bits per heavy atom. The monoisotopic (exact) mass is 289 g/mol. The van der Waals surface area contributed by atoms with E-state index in [1.807, 2.05) is 0 Å². The predicted octanol–water partition coefficient (Wildman–Crippen LogP) is 3.41. The summed E-state index contributed by atoms with van der Waals surface area (Å²) in [6, 6.07) is 5.42. The Kier molecular flexibility index (Phi) is 3.43. The molecule has 2 rings (SSSR count). The van der Waals surface area contributed by atoms with Crippen LogP contribution in [0.25, 0.3) is 10.6 Å². The van der Waals surface area contributed by atoms with Gasteiger partial charge < -0.3 is 9.84 Å². The Morgan fingerprint density at radius 3 is 2.58 bits per heavy atom. The summed E-state index contributed by atoms with van der Waals surface area (Å²) in [5, 5.41) is 8.91. The van der Waals surface area contributed by atoms with E-state index in [4.69, 9.17) is 5.11 Å². The summed E-state index contributed by atoms with van der Waals surface area (Å²) in [5.41, 5.74) is 0.0947. The summed E-state index contributed by atoms with van der Waals surface area (Å²) in [6.07, 6.45) is -3.73. The molecular formula is C11H6F3NO3S. The molecule has 19 heavy (non-hydrogen) atoms. The second kappa shape index (κ2) is 4.88. The highest BCUT2D eigenvalue weighted by Crippen LogP contribution is 2.35. The number of hydrogen-bond donors (Lipinski definition) is 1. The van der Waals surface area contributed by atoms with E-state index in [9.17, 15) is 18.0 Å². The average molecular weight is 289 g/mol. The lowest BCUT2D eigenvalue weighted by molar-refractivity contribution is -0.274. The Bertz CT molecular complexity index is 609. The molecule has 0 spiro atoms. The molecule has 0 saturated heterocycles. The van der Waals surface area contributed by atoms with Crippen LogP contribution in [0.2, 0.25) is 0 Å². The van der Waals surface area contributed by atoms with Gasteiger partial charge in [0.05, 0.1) is 11.8 Å². The van der Waals surface area contributed by atoms with Gasteiger partial charge in [-0.05, 0) is 12.1 Å². The molecule has 0 aliphatic rings. The van der Waals surface area contributed by atoms with Gasteiger partial charge in [-0.15, -0.1) is 24.5 Å². The molecule has 2 aromatic rings. The molecule has 0 bridgehead atoms. The molecule has 4 nitrogen and oxygen atoms in total. The highest BCUT2D eigenvalue weighted by molar-refractivity contribution is 7.16. The fourth-order valence-corrected chi connectivity index (χ4v) is 2.14. The van der Waals surface area contributed by atoms with Gasteiger partial charge >= 0.3 is 12.3 Å². The minimum absolute atomic E-state index is 0.0585. The van der Waals surface area contributed by atoms with Crippen LogP contribution >= 0.6 is 11.3 Å². The van der Waals surface area contributed by atoms with E-state index >= 15 is 0 Å². The normalized spacial score (nSPS) is 11.3. The molecular weight excluding hydrogens is 283 g/mol. The van der Waals surface area contributed by atoms with Crippen LogP contribution in [0.15, 0.2) is 30.5 Å². The van der Waals surface area contributed by atoms with Gasteiger partial charge in [-0.2, -0.15) is 0 Å². The zero-order chi connectivity index (χ0) is 14.0. The second-order valence-electron chi connectivity index (χ2n) is 3.38. The van der Waals surface area contributed by atoms with Gasteiger partial charge in [0.2, 0.25) is 0 Å². The highest BCUT2D eigenvalue weighted by Gasteiger charge is 2.32. The van der Waals surface area contributed by atoms with E-state index in [1.165, 1.54) is 18.2 Å². The van der Waals surface area contributed by atoms with Gasteiger partial charge in [0.15, 0.2) is 0 Å². The molecule has 0 fully saturated rings. The molecule has 1 N–H and O–H groups in total. The number of nitrogens with zero attached hydrogens (tertiary/aromatic N) is 1. The van der Waals surface area contributed by atoms with Crippen LogP contribution < -0.4 is 4.74 Å². The number of ether oxygens (including phenoxy) is 1. The van der Waals surface area contributed by atoms with Crippen molar-refractivity contribution in [1.82, 2.24) is 4.98 Å². The molecule has 0 aliphatic carbocycles. The number of hydrogen-bond acceptors (Lipinski definition) is 4. The Hall–Kier alpha value is -2.09. The number of thiazole rings is 1. The zero-order valence-corrected chi connectivity index (χ0v) is 9.96. The highest BCUT2D eigenvalue weighted by atomic mass is 32.1. The van der Waals surface area contributed by atoms with Crippen LogP contribution in [0.1, 0.15) is 9.67 Å². The molecule has 1 heterocycles. The number of carbonyl (C=O) groups is 1. The van der Waals surface area contributed by atoms with E-state index in [0.717, 1.165) is 23.6 Å². The van der Waals surface area contributed by atoms with Crippen molar-refractivity contribution in [3.05, 3.63) is 35.3 Å². The van der Waals surface area contributed by atoms with Gasteiger partial charge in [-0.25, -0.2) is 9.78 Å². The van der Waals surface area contributed by atoms with Gasteiger partial charge in [0, 0.05) is 0 Å². The maximum absolute atomic E-state index is 12.2. The van der Waals surface area contributed by atoms with Crippen molar-refractivity contribution in [2.24, 2.45) is 0 Å². The largest absolute Gasteiger partial charge is 0.573 e. The molecule has 0 aliphatic heterocycles. The number of carboxylic acids is 1. The molecule has 0 unspecified atom stereocenters. The Morgan fingerprint density at radius 2 is 2.00 bits per heavy atom. The number of benzene rings is 1. The Balaban J connectivity index is 2.41. The van der Waals surface area contributed by atoms with Gasteiger partial charge in [-0.3, -0.25) is 0 Å². The zero-order valence-electron chi connectivity index (χ0n) is 9.14. The average Bonchev–Trinajstić information content (AvgIpc) is 2.76. The van der Waals surface area contributed by atoms with Crippen LogP contribution in [-0.2, 0) is 0 Å². The molecule has 0 atom stereocenters. The van der Waals surface area contributed by atoms with Crippen molar-refractivity contribution in [1.29, 1.82) is 0 Å². The lowest BCUT2D eigenvalue weighted by Crippen LogP contribution is -2.17. The van der Waals surface area contributed by atoms with E-state index in [2.05, 4.69) is 9.72 Å². The summed E-state index contributed by atoms with van der Waals surface area (Å²) < 4.78 is 40.6. The van der Waals surface area contributed by atoms with Gasteiger partial charge in [-0.1, -0.05) is 12.1 Å². The summed E-state index contributed by atoms with van der Waals surface area (Å²) in [4.78, 5) is 14.4. The van der Waals surface area contributed by atoms with Crippen LogP contribution in [0.5, 0.6) is 5.75 Å². The maximum atomic E-state index is 12.2. The van der Waals surface area contributed by atoms with Crippen molar-refractivity contribution in [3.63, 3.8) is 0 Å². The number of rotatable bonds is 3. The Labute approximate surface area is 109 Å². The molecule has 0 amide bonds. The summed E-state index contributed by atoms with van der Waals surface area (Å²) in [6.45, 7) is 0. The number of halogens is 3. The first-order valence-corrected chi connectivity index (χ1v) is 5.73. The first kappa shape index (κ1) is 13.3.